The second-order valence-corrected chi connectivity index (χ2v) is 6.00. The molecule has 2 atom stereocenters. The van der Waals surface area contributed by atoms with Gasteiger partial charge in [-0.1, -0.05) is 0 Å². The van der Waals surface area contributed by atoms with Crippen molar-refractivity contribution in [3.63, 3.8) is 0 Å². The summed E-state index contributed by atoms with van der Waals surface area (Å²) in [6.07, 6.45) is 7.39. The molecular weight excluding hydrogens is 158 g/mol. The van der Waals surface area contributed by atoms with Crippen molar-refractivity contribution in [2.75, 3.05) is 0 Å². The van der Waals surface area contributed by atoms with Gasteiger partial charge in [0.05, 0.1) is 0 Å². The van der Waals surface area contributed by atoms with Crippen LogP contribution in [0.25, 0.3) is 0 Å². The predicted molar refractivity (Wildman–Crippen MR) is 56.7 cm³/mol. The highest BCUT2D eigenvalue weighted by molar-refractivity contribution is 4.91. The molecule has 0 saturated heterocycles. The van der Waals surface area contributed by atoms with Crippen molar-refractivity contribution >= 4 is 0 Å². The predicted octanol–water partition coefficient (Wildman–Crippen LogP) is 2.95. The molecule has 2 unspecified atom stereocenters. The van der Waals surface area contributed by atoms with Gasteiger partial charge in [-0.05, 0) is 64.7 Å². The minimum absolute atomic E-state index is 0.309. The van der Waals surface area contributed by atoms with Crippen LogP contribution in [-0.4, -0.2) is 11.6 Å². The van der Waals surface area contributed by atoms with Crippen LogP contribution < -0.4 is 5.32 Å². The van der Waals surface area contributed by atoms with E-state index < -0.39 is 0 Å². The van der Waals surface area contributed by atoms with Gasteiger partial charge in [0.1, 0.15) is 0 Å². The molecular formula is C12H23N. The van der Waals surface area contributed by atoms with Gasteiger partial charge in [-0.15, -0.1) is 0 Å². The van der Waals surface area contributed by atoms with Crippen molar-refractivity contribution in [1.29, 1.82) is 0 Å². The summed E-state index contributed by atoms with van der Waals surface area (Å²) in [4.78, 5) is 0. The molecule has 0 amide bonds. The van der Waals surface area contributed by atoms with Crippen LogP contribution >= 0.6 is 0 Å². The van der Waals surface area contributed by atoms with E-state index in [4.69, 9.17) is 0 Å². The lowest BCUT2D eigenvalue weighted by atomic mass is 10.0. The van der Waals surface area contributed by atoms with Crippen LogP contribution in [-0.2, 0) is 0 Å². The first-order valence-electron chi connectivity index (χ1n) is 5.82. The van der Waals surface area contributed by atoms with Gasteiger partial charge < -0.3 is 5.32 Å². The maximum Gasteiger partial charge on any atom is 0.00991 e. The molecule has 0 bridgehead atoms. The number of hydrogen-bond acceptors (Lipinski definition) is 1. The third-order valence-corrected chi connectivity index (χ3v) is 3.40. The Labute approximate surface area is 82.3 Å². The van der Waals surface area contributed by atoms with E-state index in [0.29, 0.717) is 5.54 Å². The first kappa shape index (κ1) is 9.51. The highest BCUT2D eigenvalue weighted by atomic mass is 15.0. The first-order valence-corrected chi connectivity index (χ1v) is 5.82. The number of hydrogen-bond donors (Lipinski definition) is 1. The first-order chi connectivity index (χ1) is 6.04. The second kappa shape index (κ2) is 3.27. The number of nitrogens with one attached hydrogen (secondary N) is 1. The lowest BCUT2D eigenvalue weighted by molar-refractivity contribution is 0.349. The zero-order chi connectivity index (χ0) is 9.47. The van der Waals surface area contributed by atoms with Crippen molar-refractivity contribution in [2.45, 2.75) is 64.5 Å². The largest absolute Gasteiger partial charge is 0.309 e. The zero-order valence-corrected chi connectivity index (χ0v) is 9.27. The van der Waals surface area contributed by atoms with E-state index in [1.807, 2.05) is 0 Å². The van der Waals surface area contributed by atoms with Gasteiger partial charge in [0.2, 0.25) is 0 Å². The SMILES string of the molecule is CC(C)(C)NC1CCC(C2CC2)C1. The summed E-state index contributed by atoms with van der Waals surface area (Å²) >= 11 is 0. The van der Waals surface area contributed by atoms with Gasteiger partial charge in [-0.3, -0.25) is 0 Å². The Morgan fingerprint density at radius 2 is 1.54 bits per heavy atom. The molecule has 2 aliphatic carbocycles. The van der Waals surface area contributed by atoms with Crippen LogP contribution in [0.3, 0.4) is 0 Å². The fraction of sp³-hybridized carbons (Fsp3) is 1.00. The third kappa shape index (κ3) is 2.70. The summed E-state index contributed by atoms with van der Waals surface area (Å²) in [6.45, 7) is 6.83. The Kier molecular flexibility index (Phi) is 2.39. The van der Waals surface area contributed by atoms with E-state index in [1.165, 1.54) is 32.1 Å². The van der Waals surface area contributed by atoms with E-state index in [-0.39, 0.29) is 0 Å². The molecule has 2 aliphatic rings. The quantitative estimate of drug-likeness (QED) is 0.690. The van der Waals surface area contributed by atoms with Gasteiger partial charge in [0.25, 0.3) is 0 Å². The minimum Gasteiger partial charge on any atom is -0.309 e. The van der Waals surface area contributed by atoms with E-state index >= 15 is 0 Å². The summed E-state index contributed by atoms with van der Waals surface area (Å²) in [6, 6.07) is 0.811. The molecule has 2 rings (SSSR count). The third-order valence-electron chi connectivity index (χ3n) is 3.40. The molecule has 1 N–H and O–H groups in total. The Bertz CT molecular complexity index is 176. The molecule has 0 heterocycles. The Morgan fingerprint density at radius 3 is 2.08 bits per heavy atom. The highest BCUT2D eigenvalue weighted by Gasteiger charge is 2.37. The Hall–Kier alpha value is -0.0400. The van der Waals surface area contributed by atoms with Gasteiger partial charge in [-0.2, -0.15) is 0 Å². The number of rotatable bonds is 2. The molecule has 13 heavy (non-hydrogen) atoms. The van der Waals surface area contributed by atoms with E-state index in [9.17, 15) is 0 Å². The standard InChI is InChI=1S/C12H23N/c1-12(2,3)13-11-7-6-10(8-11)9-4-5-9/h9-11,13H,4-8H2,1-3H3. The molecule has 76 valence electrons. The lowest BCUT2D eigenvalue weighted by Gasteiger charge is -2.25. The fourth-order valence-corrected chi connectivity index (χ4v) is 2.76. The summed E-state index contributed by atoms with van der Waals surface area (Å²) in [7, 11) is 0. The van der Waals surface area contributed by atoms with Crippen molar-refractivity contribution in [3.05, 3.63) is 0 Å². The molecule has 1 nitrogen and oxygen atoms in total. The van der Waals surface area contributed by atoms with Crippen molar-refractivity contribution in [1.82, 2.24) is 5.32 Å². The topological polar surface area (TPSA) is 12.0 Å². The summed E-state index contributed by atoms with van der Waals surface area (Å²) in [5, 5.41) is 3.73. The summed E-state index contributed by atoms with van der Waals surface area (Å²) in [5.74, 6) is 2.19. The normalized spacial score (nSPS) is 35.3. The molecule has 0 aromatic rings. The molecule has 0 spiro atoms. The van der Waals surface area contributed by atoms with Crippen LogP contribution in [0, 0.1) is 11.8 Å². The van der Waals surface area contributed by atoms with Gasteiger partial charge in [0.15, 0.2) is 0 Å². The van der Waals surface area contributed by atoms with Crippen molar-refractivity contribution < 1.29 is 0 Å². The summed E-state index contributed by atoms with van der Waals surface area (Å²) < 4.78 is 0. The van der Waals surface area contributed by atoms with Crippen LogP contribution in [0.5, 0.6) is 0 Å². The van der Waals surface area contributed by atoms with Crippen LogP contribution in [0.1, 0.15) is 52.9 Å². The van der Waals surface area contributed by atoms with E-state index in [1.54, 1.807) is 0 Å². The maximum atomic E-state index is 3.73. The molecule has 0 radical (unpaired) electrons. The van der Waals surface area contributed by atoms with Crippen LogP contribution in [0.2, 0.25) is 0 Å². The minimum atomic E-state index is 0.309. The van der Waals surface area contributed by atoms with E-state index in [2.05, 4.69) is 26.1 Å². The second-order valence-electron chi connectivity index (χ2n) is 6.00. The lowest BCUT2D eigenvalue weighted by Crippen LogP contribution is -2.42. The van der Waals surface area contributed by atoms with Gasteiger partial charge in [-0.25, -0.2) is 0 Å². The molecule has 0 aromatic carbocycles. The zero-order valence-electron chi connectivity index (χ0n) is 9.27. The molecule has 2 saturated carbocycles. The fourth-order valence-electron chi connectivity index (χ4n) is 2.76. The highest BCUT2D eigenvalue weighted by Crippen LogP contribution is 2.45. The molecule has 0 aromatic heterocycles. The van der Waals surface area contributed by atoms with Crippen molar-refractivity contribution in [2.24, 2.45) is 11.8 Å². The Balaban J connectivity index is 1.77. The van der Waals surface area contributed by atoms with E-state index in [0.717, 1.165) is 17.9 Å². The van der Waals surface area contributed by atoms with Crippen molar-refractivity contribution in [3.8, 4) is 0 Å². The van der Waals surface area contributed by atoms with Crippen LogP contribution in [0.15, 0.2) is 0 Å². The average Bonchev–Trinajstić information content (AvgIpc) is 2.72. The molecule has 0 aliphatic heterocycles. The molecule has 2 fully saturated rings. The maximum absolute atomic E-state index is 3.73. The van der Waals surface area contributed by atoms with Gasteiger partial charge in [0, 0.05) is 11.6 Å². The summed E-state index contributed by atoms with van der Waals surface area (Å²) in [5.41, 5.74) is 0.309. The van der Waals surface area contributed by atoms with Gasteiger partial charge >= 0.3 is 0 Å². The van der Waals surface area contributed by atoms with Crippen LogP contribution in [0.4, 0.5) is 0 Å². The monoisotopic (exact) mass is 181 g/mol. The Morgan fingerprint density at radius 1 is 0.923 bits per heavy atom. The smallest absolute Gasteiger partial charge is 0.00991 e. The average molecular weight is 181 g/mol. The molecule has 1 heteroatoms.